The first-order valence-electron chi connectivity index (χ1n) is 6.24. The number of halogens is 3. The van der Waals surface area contributed by atoms with E-state index < -0.39 is 18.6 Å². The fraction of sp³-hybridized carbons (Fsp3) is 1.00. The van der Waals surface area contributed by atoms with Crippen LogP contribution in [-0.2, 0) is 0 Å². The van der Waals surface area contributed by atoms with Crippen molar-refractivity contribution in [3.8, 4) is 0 Å². The number of nitrogens with one attached hydrogen (secondary N) is 1. The van der Waals surface area contributed by atoms with E-state index in [1.54, 1.807) is 6.92 Å². The van der Waals surface area contributed by atoms with Gasteiger partial charge in [0.2, 0.25) is 0 Å². The van der Waals surface area contributed by atoms with E-state index in [0.717, 1.165) is 18.4 Å². The van der Waals surface area contributed by atoms with E-state index >= 15 is 0 Å². The molecule has 0 aromatic heterocycles. The van der Waals surface area contributed by atoms with Crippen molar-refractivity contribution in [2.24, 2.45) is 17.8 Å². The first-order valence-corrected chi connectivity index (χ1v) is 6.24. The van der Waals surface area contributed by atoms with Gasteiger partial charge in [-0.1, -0.05) is 6.42 Å². The molecule has 2 aliphatic rings. The highest BCUT2D eigenvalue weighted by Crippen LogP contribution is 2.47. The van der Waals surface area contributed by atoms with Crippen LogP contribution < -0.4 is 5.32 Å². The van der Waals surface area contributed by atoms with Crippen LogP contribution in [0.25, 0.3) is 0 Å². The average Bonchev–Trinajstić information content (AvgIpc) is 2.72. The Morgan fingerprint density at radius 3 is 2.50 bits per heavy atom. The van der Waals surface area contributed by atoms with Crippen molar-refractivity contribution >= 4 is 0 Å². The molecule has 2 bridgehead atoms. The summed E-state index contributed by atoms with van der Waals surface area (Å²) in [7, 11) is 0. The summed E-state index contributed by atoms with van der Waals surface area (Å²) in [4.78, 5) is 0. The second-order valence-electron chi connectivity index (χ2n) is 5.56. The maximum absolute atomic E-state index is 12.1. The number of alkyl halides is 3. The molecule has 4 heteroatoms. The Morgan fingerprint density at radius 2 is 2.00 bits per heavy atom. The van der Waals surface area contributed by atoms with E-state index in [1.165, 1.54) is 25.7 Å². The van der Waals surface area contributed by atoms with E-state index in [0.29, 0.717) is 5.92 Å². The maximum Gasteiger partial charge on any atom is 0.390 e. The van der Waals surface area contributed by atoms with E-state index in [9.17, 15) is 13.2 Å². The van der Waals surface area contributed by atoms with E-state index in [4.69, 9.17) is 0 Å². The summed E-state index contributed by atoms with van der Waals surface area (Å²) in [5, 5.41) is 3.05. The molecular weight excluding hydrogens is 215 g/mol. The molecule has 0 amide bonds. The summed E-state index contributed by atoms with van der Waals surface area (Å²) in [6.45, 7) is 2.40. The lowest BCUT2D eigenvalue weighted by molar-refractivity contribution is -0.139. The van der Waals surface area contributed by atoms with Crippen molar-refractivity contribution in [2.45, 2.75) is 51.2 Å². The molecule has 2 aliphatic carbocycles. The summed E-state index contributed by atoms with van der Waals surface area (Å²) in [5.41, 5.74) is 0. The van der Waals surface area contributed by atoms with Gasteiger partial charge in [0.05, 0.1) is 6.42 Å². The second kappa shape index (κ2) is 4.55. The largest absolute Gasteiger partial charge is 0.390 e. The summed E-state index contributed by atoms with van der Waals surface area (Å²) in [6, 6.07) is -0.445. The third-order valence-corrected chi connectivity index (χ3v) is 4.15. The normalized spacial score (nSPS) is 35.6. The Bertz CT molecular complexity index is 239. The zero-order valence-corrected chi connectivity index (χ0v) is 9.69. The highest BCUT2D eigenvalue weighted by molar-refractivity contribution is 4.91. The quantitative estimate of drug-likeness (QED) is 0.788. The maximum atomic E-state index is 12.1. The van der Waals surface area contributed by atoms with Crippen LogP contribution in [0.2, 0.25) is 0 Å². The summed E-state index contributed by atoms with van der Waals surface area (Å²) in [5.74, 6) is 2.29. The second-order valence-corrected chi connectivity index (χ2v) is 5.56. The van der Waals surface area contributed by atoms with Crippen molar-refractivity contribution < 1.29 is 13.2 Å². The molecule has 1 nitrogen and oxygen atoms in total. The van der Waals surface area contributed by atoms with E-state index in [-0.39, 0.29) is 0 Å². The lowest BCUT2D eigenvalue weighted by Crippen LogP contribution is -2.36. The fourth-order valence-corrected chi connectivity index (χ4v) is 3.40. The molecule has 2 saturated carbocycles. The van der Waals surface area contributed by atoms with Gasteiger partial charge in [-0.15, -0.1) is 0 Å². The molecule has 0 radical (unpaired) electrons. The molecule has 0 aromatic rings. The number of fused-ring (bicyclic) bond motifs is 2. The van der Waals surface area contributed by atoms with Crippen LogP contribution in [0, 0.1) is 17.8 Å². The van der Waals surface area contributed by atoms with Crippen LogP contribution in [0.4, 0.5) is 13.2 Å². The standard InChI is InChI=1S/C12H20F3N/c1-8(6-12(13,14)15)16-7-11-5-9-2-3-10(11)4-9/h8-11,16H,2-7H2,1H3. The van der Waals surface area contributed by atoms with Gasteiger partial charge in [0.25, 0.3) is 0 Å². The number of hydrogen-bond acceptors (Lipinski definition) is 1. The fourth-order valence-electron chi connectivity index (χ4n) is 3.40. The molecular formula is C12H20F3N. The van der Waals surface area contributed by atoms with Crippen molar-refractivity contribution in [1.29, 1.82) is 0 Å². The van der Waals surface area contributed by atoms with Crippen molar-refractivity contribution in [3.05, 3.63) is 0 Å². The molecule has 94 valence electrons. The summed E-state index contributed by atoms with van der Waals surface area (Å²) < 4.78 is 36.3. The van der Waals surface area contributed by atoms with Gasteiger partial charge in [0.15, 0.2) is 0 Å². The minimum Gasteiger partial charge on any atom is -0.314 e. The van der Waals surface area contributed by atoms with Crippen LogP contribution in [0.5, 0.6) is 0 Å². The van der Waals surface area contributed by atoms with Crippen molar-refractivity contribution in [2.75, 3.05) is 6.54 Å². The van der Waals surface area contributed by atoms with Gasteiger partial charge >= 0.3 is 6.18 Å². The number of rotatable bonds is 4. The Kier molecular flexibility index (Phi) is 3.48. The molecule has 2 rings (SSSR count). The molecule has 2 fully saturated rings. The average molecular weight is 235 g/mol. The molecule has 0 aliphatic heterocycles. The Morgan fingerprint density at radius 1 is 1.25 bits per heavy atom. The van der Waals surface area contributed by atoms with Crippen LogP contribution in [-0.4, -0.2) is 18.8 Å². The van der Waals surface area contributed by atoms with E-state index in [2.05, 4.69) is 5.32 Å². The van der Waals surface area contributed by atoms with Gasteiger partial charge in [0, 0.05) is 6.04 Å². The molecule has 1 N–H and O–H groups in total. The first kappa shape index (κ1) is 12.2. The molecule has 0 aromatic carbocycles. The minimum atomic E-state index is -4.04. The molecule has 0 heterocycles. The van der Waals surface area contributed by atoms with Crippen molar-refractivity contribution in [1.82, 2.24) is 5.32 Å². The highest BCUT2D eigenvalue weighted by atomic mass is 19.4. The molecule has 0 saturated heterocycles. The zero-order valence-electron chi connectivity index (χ0n) is 9.69. The highest BCUT2D eigenvalue weighted by Gasteiger charge is 2.39. The zero-order chi connectivity index (χ0) is 11.8. The van der Waals surface area contributed by atoms with Gasteiger partial charge in [-0.25, -0.2) is 0 Å². The van der Waals surface area contributed by atoms with Gasteiger partial charge in [-0.2, -0.15) is 13.2 Å². The van der Waals surface area contributed by atoms with Gasteiger partial charge < -0.3 is 5.32 Å². The van der Waals surface area contributed by atoms with Gasteiger partial charge in [0.1, 0.15) is 0 Å². The van der Waals surface area contributed by atoms with Crippen molar-refractivity contribution in [3.63, 3.8) is 0 Å². The lowest BCUT2D eigenvalue weighted by atomic mass is 9.88. The van der Waals surface area contributed by atoms with Gasteiger partial charge in [-0.3, -0.25) is 0 Å². The minimum absolute atomic E-state index is 0.445. The lowest BCUT2D eigenvalue weighted by Gasteiger charge is -2.24. The monoisotopic (exact) mass is 235 g/mol. The van der Waals surface area contributed by atoms with Crippen LogP contribution in [0.15, 0.2) is 0 Å². The number of hydrogen-bond donors (Lipinski definition) is 1. The Labute approximate surface area is 94.8 Å². The molecule has 4 atom stereocenters. The third-order valence-electron chi connectivity index (χ3n) is 4.15. The summed E-state index contributed by atoms with van der Waals surface area (Å²) in [6.07, 6.45) is 0.440. The van der Waals surface area contributed by atoms with E-state index in [1.807, 2.05) is 0 Å². The van der Waals surface area contributed by atoms with Gasteiger partial charge in [-0.05, 0) is 50.5 Å². The smallest absolute Gasteiger partial charge is 0.314 e. The first-order chi connectivity index (χ1) is 7.44. The predicted octanol–water partition coefficient (Wildman–Crippen LogP) is 3.35. The predicted molar refractivity (Wildman–Crippen MR) is 57.1 cm³/mol. The molecule has 4 unspecified atom stereocenters. The van der Waals surface area contributed by atoms with Crippen LogP contribution in [0.3, 0.4) is 0 Å². The Balaban J connectivity index is 1.68. The SMILES string of the molecule is CC(CC(F)(F)F)NCC1CC2CCC1C2. The Hall–Kier alpha value is -0.250. The topological polar surface area (TPSA) is 12.0 Å². The molecule has 0 spiro atoms. The van der Waals surface area contributed by atoms with Crippen LogP contribution >= 0.6 is 0 Å². The summed E-state index contributed by atoms with van der Waals surface area (Å²) >= 11 is 0. The third kappa shape index (κ3) is 3.12. The van der Waals surface area contributed by atoms with Crippen LogP contribution in [0.1, 0.15) is 39.0 Å². The molecule has 16 heavy (non-hydrogen) atoms.